The van der Waals surface area contributed by atoms with Gasteiger partial charge in [0.25, 0.3) is 0 Å². The van der Waals surface area contributed by atoms with Crippen molar-refractivity contribution >= 4 is 0 Å². The molecule has 0 fully saturated rings. The lowest BCUT2D eigenvalue weighted by molar-refractivity contribution is 0.297. The van der Waals surface area contributed by atoms with Gasteiger partial charge in [0.1, 0.15) is 12.4 Å². The molecule has 0 atom stereocenters. The third-order valence-corrected chi connectivity index (χ3v) is 2.91. The molecule has 0 aliphatic rings. The summed E-state index contributed by atoms with van der Waals surface area (Å²) in [5, 5.41) is 8.79. The minimum atomic E-state index is 0.561. The summed E-state index contributed by atoms with van der Waals surface area (Å²) in [5.74, 6) is 0.726. The van der Waals surface area contributed by atoms with Gasteiger partial charge in [-0.3, -0.25) is 0 Å². The zero-order valence-corrected chi connectivity index (χ0v) is 10.6. The minimum absolute atomic E-state index is 0.561. The molecular weight excluding hydrogens is 226 g/mol. The average molecular weight is 241 g/mol. The second-order valence-electron chi connectivity index (χ2n) is 4.10. The van der Waals surface area contributed by atoms with Crippen LogP contribution in [-0.2, 0) is 6.54 Å². The monoisotopic (exact) mass is 241 g/mol. The van der Waals surface area contributed by atoms with Gasteiger partial charge in [-0.05, 0) is 32.0 Å². The van der Waals surface area contributed by atoms with Gasteiger partial charge in [0.05, 0.1) is 30.2 Å². The fourth-order valence-electron chi connectivity index (χ4n) is 1.69. The topological polar surface area (TPSA) is 50.8 Å². The van der Waals surface area contributed by atoms with Gasteiger partial charge in [0, 0.05) is 5.69 Å². The Morgan fingerprint density at radius 2 is 2.22 bits per heavy atom. The molecule has 0 unspecified atom stereocenters. The Labute approximate surface area is 106 Å². The Balaban J connectivity index is 1.92. The van der Waals surface area contributed by atoms with Gasteiger partial charge >= 0.3 is 0 Å². The first-order valence-electron chi connectivity index (χ1n) is 5.82. The second-order valence-corrected chi connectivity index (χ2v) is 4.10. The molecule has 92 valence electrons. The molecule has 0 saturated carbocycles. The van der Waals surface area contributed by atoms with E-state index in [1.54, 1.807) is 12.1 Å². The number of nitriles is 1. The molecule has 0 saturated heterocycles. The molecule has 0 spiro atoms. The Morgan fingerprint density at radius 3 is 2.89 bits per heavy atom. The summed E-state index contributed by atoms with van der Waals surface area (Å²) in [6.45, 7) is 5.34. The molecule has 0 radical (unpaired) electrons. The van der Waals surface area contributed by atoms with Crippen molar-refractivity contribution in [1.29, 1.82) is 5.26 Å². The average Bonchev–Trinajstić information content (AvgIpc) is 2.71. The van der Waals surface area contributed by atoms with Crippen LogP contribution in [0.15, 0.2) is 30.6 Å². The first-order valence-corrected chi connectivity index (χ1v) is 5.82. The quantitative estimate of drug-likeness (QED) is 0.826. The van der Waals surface area contributed by atoms with Gasteiger partial charge in [0.15, 0.2) is 0 Å². The third kappa shape index (κ3) is 2.69. The van der Waals surface area contributed by atoms with Crippen LogP contribution in [0.25, 0.3) is 0 Å². The number of aryl methyl sites for hydroxylation is 1. The van der Waals surface area contributed by atoms with E-state index in [0.717, 1.165) is 23.7 Å². The number of benzene rings is 1. The van der Waals surface area contributed by atoms with Gasteiger partial charge in [-0.15, -0.1) is 0 Å². The molecule has 0 aliphatic heterocycles. The molecule has 0 N–H and O–H groups in total. The smallest absolute Gasteiger partial charge is 0.120 e. The molecule has 4 nitrogen and oxygen atoms in total. The van der Waals surface area contributed by atoms with Crippen molar-refractivity contribution in [3.63, 3.8) is 0 Å². The molecule has 18 heavy (non-hydrogen) atoms. The Bertz CT molecular complexity index is 581. The van der Waals surface area contributed by atoms with E-state index in [4.69, 9.17) is 10.00 Å². The standard InChI is InChI=1S/C14H15N3O/c1-11-12(2)17(10-16-11)6-7-18-14-5-3-4-13(8-14)9-15/h3-5,8,10H,6-7H2,1-2H3. The van der Waals surface area contributed by atoms with Crippen LogP contribution in [0.4, 0.5) is 0 Å². The van der Waals surface area contributed by atoms with Crippen LogP contribution < -0.4 is 4.74 Å². The van der Waals surface area contributed by atoms with E-state index in [1.807, 2.05) is 32.3 Å². The van der Waals surface area contributed by atoms with Crippen molar-refractivity contribution in [2.45, 2.75) is 20.4 Å². The highest BCUT2D eigenvalue weighted by Crippen LogP contribution is 2.12. The van der Waals surface area contributed by atoms with E-state index in [2.05, 4.69) is 15.6 Å². The lowest BCUT2D eigenvalue weighted by Gasteiger charge is -2.08. The molecule has 1 heterocycles. The molecule has 0 aliphatic carbocycles. The number of aromatic nitrogens is 2. The molecular formula is C14H15N3O. The molecule has 2 rings (SSSR count). The summed E-state index contributed by atoms with van der Waals surface area (Å²) in [5.41, 5.74) is 2.81. The highest BCUT2D eigenvalue weighted by atomic mass is 16.5. The first-order chi connectivity index (χ1) is 8.70. The summed E-state index contributed by atoms with van der Waals surface area (Å²) >= 11 is 0. The van der Waals surface area contributed by atoms with Crippen molar-refractivity contribution in [2.24, 2.45) is 0 Å². The van der Waals surface area contributed by atoms with Gasteiger partial charge < -0.3 is 9.30 Å². The van der Waals surface area contributed by atoms with Gasteiger partial charge in [-0.25, -0.2) is 4.98 Å². The van der Waals surface area contributed by atoms with Crippen LogP contribution in [0.1, 0.15) is 17.0 Å². The second kappa shape index (κ2) is 5.37. The van der Waals surface area contributed by atoms with Crippen LogP contribution >= 0.6 is 0 Å². The van der Waals surface area contributed by atoms with E-state index >= 15 is 0 Å². The summed E-state index contributed by atoms with van der Waals surface area (Å²) in [6, 6.07) is 9.27. The zero-order valence-electron chi connectivity index (χ0n) is 10.6. The Morgan fingerprint density at radius 1 is 1.39 bits per heavy atom. The number of hydrogen-bond acceptors (Lipinski definition) is 3. The lowest BCUT2D eigenvalue weighted by atomic mass is 10.2. The summed E-state index contributed by atoms with van der Waals surface area (Å²) in [4.78, 5) is 4.23. The van der Waals surface area contributed by atoms with Crippen LogP contribution in [0.5, 0.6) is 5.75 Å². The predicted molar refractivity (Wildman–Crippen MR) is 68.4 cm³/mol. The van der Waals surface area contributed by atoms with Gasteiger partial charge in [-0.2, -0.15) is 5.26 Å². The van der Waals surface area contributed by atoms with Crippen LogP contribution in [0.2, 0.25) is 0 Å². The van der Waals surface area contributed by atoms with E-state index in [1.165, 1.54) is 0 Å². The fraction of sp³-hybridized carbons (Fsp3) is 0.286. The van der Waals surface area contributed by atoms with Crippen molar-refractivity contribution in [3.8, 4) is 11.8 Å². The number of ether oxygens (including phenoxy) is 1. The molecule has 2 aromatic rings. The predicted octanol–water partition coefficient (Wildman–Crippen LogP) is 2.45. The van der Waals surface area contributed by atoms with Crippen molar-refractivity contribution in [1.82, 2.24) is 9.55 Å². The van der Waals surface area contributed by atoms with Crippen molar-refractivity contribution in [2.75, 3.05) is 6.61 Å². The normalized spacial score (nSPS) is 10.1. The number of imidazole rings is 1. The van der Waals surface area contributed by atoms with Gasteiger partial charge in [0.2, 0.25) is 0 Å². The third-order valence-electron chi connectivity index (χ3n) is 2.91. The van der Waals surface area contributed by atoms with Gasteiger partial charge in [-0.1, -0.05) is 6.07 Å². The minimum Gasteiger partial charge on any atom is -0.492 e. The summed E-state index contributed by atoms with van der Waals surface area (Å²) in [6.07, 6.45) is 1.82. The largest absolute Gasteiger partial charge is 0.492 e. The van der Waals surface area contributed by atoms with E-state index in [9.17, 15) is 0 Å². The zero-order chi connectivity index (χ0) is 13.0. The van der Waals surface area contributed by atoms with E-state index in [-0.39, 0.29) is 0 Å². The van der Waals surface area contributed by atoms with Crippen LogP contribution in [0, 0.1) is 25.2 Å². The van der Waals surface area contributed by atoms with Crippen LogP contribution in [-0.4, -0.2) is 16.2 Å². The maximum Gasteiger partial charge on any atom is 0.120 e. The maximum atomic E-state index is 8.79. The number of rotatable bonds is 4. The van der Waals surface area contributed by atoms with Crippen molar-refractivity contribution < 1.29 is 4.74 Å². The first kappa shape index (κ1) is 12.2. The van der Waals surface area contributed by atoms with Crippen LogP contribution in [0.3, 0.4) is 0 Å². The SMILES string of the molecule is Cc1ncn(CCOc2cccc(C#N)c2)c1C. The number of nitrogens with zero attached hydrogens (tertiary/aromatic N) is 3. The van der Waals surface area contributed by atoms with E-state index < -0.39 is 0 Å². The fourth-order valence-corrected chi connectivity index (χ4v) is 1.69. The molecule has 1 aromatic carbocycles. The Hall–Kier alpha value is -2.28. The number of hydrogen-bond donors (Lipinski definition) is 0. The highest BCUT2D eigenvalue weighted by molar-refractivity contribution is 5.36. The maximum absolute atomic E-state index is 8.79. The summed E-state index contributed by atoms with van der Waals surface area (Å²) in [7, 11) is 0. The summed E-state index contributed by atoms with van der Waals surface area (Å²) < 4.78 is 7.68. The molecule has 1 aromatic heterocycles. The molecule has 0 bridgehead atoms. The van der Waals surface area contributed by atoms with E-state index in [0.29, 0.717) is 12.2 Å². The lowest BCUT2D eigenvalue weighted by Crippen LogP contribution is -2.08. The molecule has 4 heteroatoms. The molecule has 0 amide bonds. The van der Waals surface area contributed by atoms with Crippen molar-refractivity contribution in [3.05, 3.63) is 47.5 Å². The highest BCUT2D eigenvalue weighted by Gasteiger charge is 2.02. The Kier molecular flexibility index (Phi) is 3.63.